The van der Waals surface area contributed by atoms with Gasteiger partial charge in [-0.2, -0.15) is 0 Å². The molecule has 1 aliphatic heterocycles. The van der Waals surface area contributed by atoms with Crippen molar-refractivity contribution in [2.75, 3.05) is 19.7 Å². The molecule has 1 amide bonds. The highest BCUT2D eigenvalue weighted by Gasteiger charge is 2.32. The molecule has 1 aliphatic carbocycles. The van der Waals surface area contributed by atoms with Crippen LogP contribution in [0.3, 0.4) is 0 Å². The average Bonchev–Trinajstić information content (AvgIpc) is 2.99. The third-order valence-electron chi connectivity index (χ3n) is 3.38. The van der Waals surface area contributed by atoms with Crippen molar-refractivity contribution in [1.29, 1.82) is 0 Å². The van der Waals surface area contributed by atoms with E-state index in [1.165, 1.54) is 12.8 Å². The fourth-order valence-electron chi connectivity index (χ4n) is 2.23. The van der Waals surface area contributed by atoms with Gasteiger partial charge in [-0.15, -0.1) is 0 Å². The Morgan fingerprint density at radius 1 is 1.31 bits per heavy atom. The van der Waals surface area contributed by atoms with Crippen molar-refractivity contribution in [2.24, 2.45) is 5.92 Å². The van der Waals surface area contributed by atoms with E-state index in [0.29, 0.717) is 0 Å². The number of hydrogen-bond donors (Lipinski definition) is 2. The number of nitrogens with one attached hydrogen (secondary N) is 2. The zero-order valence-electron chi connectivity index (χ0n) is 10.00. The van der Waals surface area contributed by atoms with Crippen LogP contribution in [0.25, 0.3) is 0 Å². The van der Waals surface area contributed by atoms with Gasteiger partial charge in [-0.25, -0.2) is 0 Å². The Morgan fingerprint density at radius 2 is 2.12 bits per heavy atom. The minimum absolute atomic E-state index is 0.0749. The quantitative estimate of drug-likeness (QED) is 0.655. The molecule has 2 rings (SSSR count). The zero-order chi connectivity index (χ0) is 11.4. The lowest BCUT2D eigenvalue weighted by Crippen LogP contribution is -2.38. The topological polar surface area (TPSA) is 50.4 Å². The van der Waals surface area contributed by atoms with Gasteiger partial charge in [-0.1, -0.05) is 6.92 Å². The molecule has 4 nitrogen and oxygen atoms in total. The summed E-state index contributed by atoms with van der Waals surface area (Å²) in [4.78, 5) is 11.9. The summed E-state index contributed by atoms with van der Waals surface area (Å²) in [7, 11) is 0. The van der Waals surface area contributed by atoms with Crippen LogP contribution in [0.4, 0.5) is 0 Å². The highest BCUT2D eigenvalue weighted by atomic mass is 16.5. The molecule has 92 valence electrons. The number of hydrogen-bond acceptors (Lipinski definition) is 3. The van der Waals surface area contributed by atoms with Crippen LogP contribution in [0.15, 0.2) is 0 Å². The highest BCUT2D eigenvalue weighted by Crippen LogP contribution is 2.23. The molecule has 2 fully saturated rings. The number of ether oxygens (including phenoxy) is 1. The molecule has 0 aromatic rings. The Kier molecular flexibility index (Phi) is 4.18. The Hall–Kier alpha value is -0.610. The van der Waals surface area contributed by atoms with E-state index >= 15 is 0 Å². The van der Waals surface area contributed by atoms with E-state index in [0.717, 1.165) is 38.6 Å². The number of carbonyl (C=O) groups excluding carboxylic acids is 1. The molecule has 1 saturated carbocycles. The monoisotopic (exact) mass is 226 g/mol. The van der Waals surface area contributed by atoms with Gasteiger partial charge in [0.1, 0.15) is 0 Å². The fourth-order valence-corrected chi connectivity index (χ4v) is 2.23. The number of rotatable bonds is 6. The van der Waals surface area contributed by atoms with Gasteiger partial charge in [-0.3, -0.25) is 4.79 Å². The van der Waals surface area contributed by atoms with E-state index in [9.17, 15) is 4.79 Å². The van der Waals surface area contributed by atoms with E-state index < -0.39 is 0 Å². The fraction of sp³-hybridized carbons (Fsp3) is 0.917. The van der Waals surface area contributed by atoms with Crippen LogP contribution in [0, 0.1) is 5.92 Å². The Morgan fingerprint density at radius 3 is 2.81 bits per heavy atom. The van der Waals surface area contributed by atoms with Crippen molar-refractivity contribution in [1.82, 2.24) is 10.6 Å². The first-order valence-electron chi connectivity index (χ1n) is 6.44. The normalized spacial score (nSPS) is 29.3. The van der Waals surface area contributed by atoms with Crippen LogP contribution in [-0.4, -0.2) is 37.7 Å². The summed E-state index contributed by atoms with van der Waals surface area (Å²) in [6.07, 6.45) is 4.53. The minimum Gasteiger partial charge on any atom is -0.377 e. The van der Waals surface area contributed by atoms with Crippen molar-refractivity contribution in [3.8, 4) is 0 Å². The molecule has 2 aliphatic rings. The average molecular weight is 226 g/mol. The molecule has 16 heavy (non-hydrogen) atoms. The summed E-state index contributed by atoms with van der Waals surface area (Å²) in [6, 6.07) is 0.718. The van der Waals surface area contributed by atoms with Gasteiger partial charge < -0.3 is 15.4 Å². The van der Waals surface area contributed by atoms with Crippen molar-refractivity contribution in [3.63, 3.8) is 0 Å². The Bertz CT molecular complexity index is 241. The van der Waals surface area contributed by atoms with Gasteiger partial charge in [0.2, 0.25) is 5.91 Å². The molecule has 1 saturated heterocycles. The lowest BCUT2D eigenvalue weighted by Gasteiger charge is -2.16. The first-order chi connectivity index (χ1) is 7.81. The molecular formula is C12H22N2O2. The zero-order valence-corrected chi connectivity index (χ0v) is 10.00. The Labute approximate surface area is 97.1 Å². The van der Waals surface area contributed by atoms with Gasteiger partial charge >= 0.3 is 0 Å². The van der Waals surface area contributed by atoms with E-state index in [2.05, 4.69) is 17.6 Å². The maximum Gasteiger partial charge on any atom is 0.225 e. The predicted molar refractivity (Wildman–Crippen MR) is 62.2 cm³/mol. The lowest BCUT2D eigenvalue weighted by atomic mass is 9.99. The maximum atomic E-state index is 11.9. The molecule has 0 bridgehead atoms. The molecule has 2 atom stereocenters. The number of carbonyl (C=O) groups is 1. The van der Waals surface area contributed by atoms with Crippen molar-refractivity contribution >= 4 is 5.91 Å². The van der Waals surface area contributed by atoms with Gasteiger partial charge in [-0.05, 0) is 25.7 Å². The lowest BCUT2D eigenvalue weighted by molar-refractivity contribution is -0.126. The van der Waals surface area contributed by atoms with E-state index in [-0.39, 0.29) is 17.9 Å². The van der Waals surface area contributed by atoms with Gasteiger partial charge in [0, 0.05) is 25.7 Å². The van der Waals surface area contributed by atoms with E-state index in [4.69, 9.17) is 4.74 Å². The molecule has 2 unspecified atom stereocenters. The number of amides is 1. The summed E-state index contributed by atoms with van der Waals surface area (Å²) < 4.78 is 5.51. The first-order valence-corrected chi connectivity index (χ1v) is 6.44. The second-order valence-corrected chi connectivity index (χ2v) is 4.73. The Balaban J connectivity index is 1.61. The molecule has 2 N–H and O–H groups in total. The molecule has 0 spiro atoms. The first kappa shape index (κ1) is 11.9. The summed E-state index contributed by atoms with van der Waals surface area (Å²) in [5.74, 6) is 0.243. The molecular weight excluding hydrogens is 204 g/mol. The second kappa shape index (κ2) is 5.64. The summed E-state index contributed by atoms with van der Waals surface area (Å²) in [5, 5.41) is 6.37. The third-order valence-corrected chi connectivity index (χ3v) is 3.38. The third kappa shape index (κ3) is 3.19. The van der Waals surface area contributed by atoms with Crippen LogP contribution < -0.4 is 10.6 Å². The van der Waals surface area contributed by atoms with E-state index in [1.807, 2.05) is 0 Å². The van der Waals surface area contributed by atoms with Gasteiger partial charge in [0.15, 0.2) is 0 Å². The predicted octanol–water partition coefficient (Wildman–Crippen LogP) is 0.670. The summed E-state index contributed by atoms with van der Waals surface area (Å²) >= 11 is 0. The molecule has 1 heterocycles. The second-order valence-electron chi connectivity index (χ2n) is 4.73. The molecule has 0 aromatic heterocycles. The van der Waals surface area contributed by atoms with Crippen molar-refractivity contribution in [2.45, 2.75) is 44.8 Å². The largest absolute Gasteiger partial charge is 0.377 e. The maximum absolute atomic E-state index is 11.9. The van der Waals surface area contributed by atoms with Crippen LogP contribution >= 0.6 is 0 Å². The van der Waals surface area contributed by atoms with Crippen molar-refractivity contribution in [3.05, 3.63) is 0 Å². The molecule has 4 heteroatoms. The van der Waals surface area contributed by atoms with Gasteiger partial charge in [0.25, 0.3) is 0 Å². The van der Waals surface area contributed by atoms with Crippen molar-refractivity contribution < 1.29 is 9.53 Å². The highest BCUT2D eigenvalue weighted by molar-refractivity contribution is 5.79. The molecule has 0 radical (unpaired) electrons. The smallest absolute Gasteiger partial charge is 0.225 e. The minimum atomic E-state index is 0.0749. The standard InChI is InChI=1S/C12H22N2O2/c1-2-11-10(5-8-16-11)12(15)14-7-6-13-9-3-4-9/h9-11,13H,2-8H2,1H3,(H,14,15). The summed E-state index contributed by atoms with van der Waals surface area (Å²) in [5.41, 5.74) is 0. The van der Waals surface area contributed by atoms with Crippen LogP contribution in [0.1, 0.15) is 32.6 Å². The van der Waals surface area contributed by atoms with Crippen LogP contribution in [-0.2, 0) is 9.53 Å². The summed E-state index contributed by atoms with van der Waals surface area (Å²) in [6.45, 7) is 4.44. The van der Waals surface area contributed by atoms with Gasteiger partial charge in [0.05, 0.1) is 12.0 Å². The van der Waals surface area contributed by atoms with Crippen LogP contribution in [0.5, 0.6) is 0 Å². The molecule has 0 aromatic carbocycles. The van der Waals surface area contributed by atoms with Crippen LogP contribution in [0.2, 0.25) is 0 Å². The SMILES string of the molecule is CCC1OCCC1C(=O)NCCNC1CC1. The van der Waals surface area contributed by atoms with E-state index in [1.54, 1.807) is 0 Å².